The van der Waals surface area contributed by atoms with Gasteiger partial charge in [0, 0.05) is 0 Å². The molecule has 0 aromatic carbocycles. The maximum atomic E-state index is 11.0. The fourth-order valence-electron chi connectivity index (χ4n) is 1.74. The van der Waals surface area contributed by atoms with Crippen molar-refractivity contribution in [3.8, 4) is 0 Å². The molecule has 1 aliphatic rings. The van der Waals surface area contributed by atoms with E-state index in [4.69, 9.17) is 9.47 Å². The molecule has 0 saturated heterocycles. The van der Waals surface area contributed by atoms with Crippen LogP contribution in [0.3, 0.4) is 0 Å². The maximum absolute atomic E-state index is 11.0. The van der Waals surface area contributed by atoms with Gasteiger partial charge in [0.05, 0.1) is 31.0 Å². The highest BCUT2D eigenvalue weighted by Gasteiger charge is 2.24. The third kappa shape index (κ3) is 2.38. The predicted octanol–water partition coefficient (Wildman–Crippen LogP) is 2.38. The van der Waals surface area contributed by atoms with E-state index in [9.17, 15) is 4.79 Å². The SMILES string of the molecule is CCOC1=C(C)N(C=O)C(C)=C(OCC)C1. The number of carbonyl (C=O) groups excluding carboxylic acids is 1. The van der Waals surface area contributed by atoms with Crippen LogP contribution in [-0.2, 0) is 14.3 Å². The Morgan fingerprint density at radius 3 is 1.88 bits per heavy atom. The summed E-state index contributed by atoms with van der Waals surface area (Å²) in [6, 6.07) is 0. The summed E-state index contributed by atoms with van der Waals surface area (Å²) >= 11 is 0. The molecule has 16 heavy (non-hydrogen) atoms. The second kappa shape index (κ2) is 5.58. The van der Waals surface area contributed by atoms with Crippen LogP contribution in [0, 0.1) is 0 Å². The van der Waals surface area contributed by atoms with Gasteiger partial charge in [-0.3, -0.25) is 9.69 Å². The molecule has 0 aromatic heterocycles. The lowest BCUT2D eigenvalue weighted by Crippen LogP contribution is -2.26. The topological polar surface area (TPSA) is 38.8 Å². The molecule has 0 spiro atoms. The Morgan fingerprint density at radius 1 is 1.12 bits per heavy atom. The van der Waals surface area contributed by atoms with Crippen molar-refractivity contribution in [3.05, 3.63) is 22.9 Å². The normalized spacial score (nSPS) is 16.6. The average molecular weight is 225 g/mol. The highest BCUT2D eigenvalue weighted by Crippen LogP contribution is 2.30. The summed E-state index contributed by atoms with van der Waals surface area (Å²) in [4.78, 5) is 12.6. The highest BCUT2D eigenvalue weighted by atomic mass is 16.5. The standard InChI is InChI=1S/C12H19NO3/c1-5-15-11-7-12(16-6-2)10(4)13(8-14)9(11)3/h8H,5-7H2,1-4H3. The Bertz CT molecular complexity index is 303. The summed E-state index contributed by atoms with van der Waals surface area (Å²) in [5.41, 5.74) is 1.69. The lowest BCUT2D eigenvalue weighted by Gasteiger charge is -2.29. The third-order valence-electron chi connectivity index (χ3n) is 2.59. The van der Waals surface area contributed by atoms with E-state index in [0.717, 1.165) is 29.3 Å². The van der Waals surface area contributed by atoms with Crippen LogP contribution in [0.1, 0.15) is 34.1 Å². The minimum Gasteiger partial charge on any atom is -0.496 e. The van der Waals surface area contributed by atoms with E-state index in [2.05, 4.69) is 0 Å². The zero-order chi connectivity index (χ0) is 12.1. The number of carbonyl (C=O) groups is 1. The molecule has 0 radical (unpaired) electrons. The van der Waals surface area contributed by atoms with E-state index in [0.29, 0.717) is 19.6 Å². The van der Waals surface area contributed by atoms with Gasteiger partial charge < -0.3 is 9.47 Å². The number of hydrogen-bond acceptors (Lipinski definition) is 3. The second-order valence-corrected chi connectivity index (χ2v) is 3.54. The van der Waals surface area contributed by atoms with E-state index in [1.807, 2.05) is 27.7 Å². The summed E-state index contributed by atoms with van der Waals surface area (Å²) in [6.07, 6.45) is 1.42. The van der Waals surface area contributed by atoms with Crippen molar-refractivity contribution in [1.29, 1.82) is 0 Å². The molecule has 90 valence electrons. The molecule has 1 amide bonds. The molecule has 4 nitrogen and oxygen atoms in total. The molecule has 0 atom stereocenters. The first-order valence-electron chi connectivity index (χ1n) is 5.55. The predicted molar refractivity (Wildman–Crippen MR) is 61.2 cm³/mol. The van der Waals surface area contributed by atoms with E-state index in [1.54, 1.807) is 4.90 Å². The number of hydrogen-bond donors (Lipinski definition) is 0. The molecule has 1 aliphatic heterocycles. The van der Waals surface area contributed by atoms with Crippen LogP contribution in [0.2, 0.25) is 0 Å². The Morgan fingerprint density at radius 2 is 1.56 bits per heavy atom. The molecule has 4 heteroatoms. The van der Waals surface area contributed by atoms with Crippen molar-refractivity contribution < 1.29 is 14.3 Å². The Balaban J connectivity index is 2.99. The molecule has 0 bridgehead atoms. The van der Waals surface area contributed by atoms with E-state index in [1.165, 1.54) is 0 Å². The lowest BCUT2D eigenvalue weighted by atomic mass is 10.1. The van der Waals surface area contributed by atoms with Crippen LogP contribution in [0.5, 0.6) is 0 Å². The first kappa shape index (κ1) is 12.6. The molecule has 0 aliphatic carbocycles. The van der Waals surface area contributed by atoms with Crippen LogP contribution < -0.4 is 0 Å². The first-order chi connectivity index (χ1) is 7.65. The van der Waals surface area contributed by atoms with Crippen molar-refractivity contribution in [3.63, 3.8) is 0 Å². The number of ether oxygens (including phenoxy) is 2. The van der Waals surface area contributed by atoms with E-state index < -0.39 is 0 Å². The van der Waals surface area contributed by atoms with Crippen molar-refractivity contribution in [2.24, 2.45) is 0 Å². The van der Waals surface area contributed by atoms with E-state index in [-0.39, 0.29) is 0 Å². The molecule has 0 N–H and O–H groups in total. The van der Waals surface area contributed by atoms with Crippen molar-refractivity contribution in [2.75, 3.05) is 13.2 Å². The van der Waals surface area contributed by atoms with Gasteiger partial charge in [-0.2, -0.15) is 0 Å². The van der Waals surface area contributed by atoms with Crippen LogP contribution in [0.4, 0.5) is 0 Å². The molecule has 1 rings (SSSR count). The highest BCUT2D eigenvalue weighted by molar-refractivity contribution is 5.56. The first-order valence-corrected chi connectivity index (χ1v) is 5.55. The van der Waals surface area contributed by atoms with Gasteiger partial charge in [-0.25, -0.2) is 0 Å². The molecular formula is C12H19NO3. The Labute approximate surface area is 96.5 Å². The van der Waals surface area contributed by atoms with E-state index >= 15 is 0 Å². The molecule has 1 heterocycles. The fourth-order valence-corrected chi connectivity index (χ4v) is 1.74. The zero-order valence-corrected chi connectivity index (χ0v) is 10.4. The molecule has 0 unspecified atom stereocenters. The smallest absolute Gasteiger partial charge is 0.218 e. The van der Waals surface area contributed by atoms with Gasteiger partial charge in [0.1, 0.15) is 11.5 Å². The summed E-state index contributed by atoms with van der Waals surface area (Å²) < 4.78 is 11.0. The maximum Gasteiger partial charge on any atom is 0.218 e. The molecule has 0 aromatic rings. The number of allylic oxidation sites excluding steroid dienone is 2. The number of amides is 1. The zero-order valence-electron chi connectivity index (χ0n) is 10.4. The largest absolute Gasteiger partial charge is 0.496 e. The lowest BCUT2D eigenvalue weighted by molar-refractivity contribution is -0.115. The molecule has 0 saturated carbocycles. The average Bonchev–Trinajstić information content (AvgIpc) is 2.26. The van der Waals surface area contributed by atoms with Crippen molar-refractivity contribution in [2.45, 2.75) is 34.1 Å². The number of rotatable bonds is 5. The Hall–Kier alpha value is -1.45. The van der Waals surface area contributed by atoms with Gasteiger partial charge in [0.2, 0.25) is 6.41 Å². The summed E-state index contributed by atoms with van der Waals surface area (Å²) in [7, 11) is 0. The Kier molecular flexibility index (Phi) is 4.40. The van der Waals surface area contributed by atoms with Gasteiger partial charge in [-0.1, -0.05) is 0 Å². The van der Waals surface area contributed by atoms with Gasteiger partial charge in [0.15, 0.2) is 0 Å². The van der Waals surface area contributed by atoms with Crippen LogP contribution in [0.15, 0.2) is 22.9 Å². The van der Waals surface area contributed by atoms with Crippen LogP contribution >= 0.6 is 0 Å². The minimum atomic E-state index is 0.595. The summed E-state index contributed by atoms with van der Waals surface area (Å²) in [5.74, 6) is 1.62. The second-order valence-electron chi connectivity index (χ2n) is 3.54. The van der Waals surface area contributed by atoms with Crippen molar-refractivity contribution in [1.82, 2.24) is 4.90 Å². The summed E-state index contributed by atoms with van der Waals surface area (Å²) in [5, 5.41) is 0. The van der Waals surface area contributed by atoms with Gasteiger partial charge >= 0.3 is 0 Å². The minimum absolute atomic E-state index is 0.595. The van der Waals surface area contributed by atoms with Gasteiger partial charge in [0.25, 0.3) is 0 Å². The van der Waals surface area contributed by atoms with Crippen LogP contribution in [-0.4, -0.2) is 24.5 Å². The fraction of sp³-hybridized carbons (Fsp3) is 0.583. The molecular weight excluding hydrogens is 206 g/mol. The van der Waals surface area contributed by atoms with Crippen molar-refractivity contribution >= 4 is 6.41 Å². The monoisotopic (exact) mass is 225 g/mol. The van der Waals surface area contributed by atoms with Gasteiger partial charge in [-0.05, 0) is 27.7 Å². The quantitative estimate of drug-likeness (QED) is 0.674. The number of nitrogens with zero attached hydrogens (tertiary/aromatic N) is 1. The third-order valence-corrected chi connectivity index (χ3v) is 2.59. The van der Waals surface area contributed by atoms with Gasteiger partial charge in [-0.15, -0.1) is 0 Å². The molecule has 0 fully saturated rings. The summed E-state index contributed by atoms with van der Waals surface area (Å²) in [6.45, 7) is 8.81. The van der Waals surface area contributed by atoms with Crippen LogP contribution in [0.25, 0.3) is 0 Å².